The van der Waals surface area contributed by atoms with E-state index in [1.807, 2.05) is 6.92 Å². The summed E-state index contributed by atoms with van der Waals surface area (Å²) in [6.45, 7) is 2.25. The van der Waals surface area contributed by atoms with Gasteiger partial charge in [-0.15, -0.1) is 11.3 Å². The molecule has 1 rings (SSSR count). The maximum Gasteiger partial charge on any atom is 0.304 e. The largest absolute Gasteiger partial charge is 0.481 e. The zero-order valence-corrected chi connectivity index (χ0v) is 8.17. The minimum absolute atomic E-state index is 0.0815. The first kappa shape index (κ1) is 10.1. The van der Waals surface area contributed by atoms with E-state index in [0.29, 0.717) is 6.54 Å². The molecule has 0 saturated carbocycles. The van der Waals surface area contributed by atoms with E-state index in [2.05, 4.69) is 4.98 Å². The number of aliphatic carboxylic acids is 1. The van der Waals surface area contributed by atoms with Gasteiger partial charge in [-0.3, -0.25) is 4.79 Å². The summed E-state index contributed by atoms with van der Waals surface area (Å²) in [6.07, 6.45) is 1.79. The molecule has 3 N–H and O–H groups in total. The van der Waals surface area contributed by atoms with Gasteiger partial charge >= 0.3 is 5.97 Å². The van der Waals surface area contributed by atoms with Crippen molar-refractivity contribution in [1.29, 1.82) is 0 Å². The Balaban J connectivity index is 2.72. The van der Waals surface area contributed by atoms with E-state index < -0.39 is 5.97 Å². The topological polar surface area (TPSA) is 76.2 Å². The summed E-state index contributed by atoms with van der Waals surface area (Å²) in [5.41, 5.74) is 5.48. The Labute approximate surface area is 80.4 Å². The van der Waals surface area contributed by atoms with Crippen molar-refractivity contribution in [3.63, 3.8) is 0 Å². The number of hydrogen-bond donors (Lipinski definition) is 2. The van der Waals surface area contributed by atoms with Gasteiger partial charge in [-0.2, -0.15) is 0 Å². The molecule has 72 valence electrons. The molecule has 13 heavy (non-hydrogen) atoms. The molecule has 1 aromatic heterocycles. The fourth-order valence-electron chi connectivity index (χ4n) is 1.08. The number of aromatic nitrogens is 1. The second kappa shape index (κ2) is 4.34. The Morgan fingerprint density at radius 1 is 1.85 bits per heavy atom. The van der Waals surface area contributed by atoms with Crippen LogP contribution in [0.5, 0.6) is 0 Å². The Morgan fingerprint density at radius 3 is 2.92 bits per heavy atom. The molecule has 0 amide bonds. The van der Waals surface area contributed by atoms with E-state index in [0.717, 1.165) is 9.88 Å². The number of carboxylic acids is 1. The van der Waals surface area contributed by atoms with Gasteiger partial charge in [-0.05, 0) is 6.92 Å². The lowest BCUT2D eigenvalue weighted by atomic mass is 10.1. The smallest absolute Gasteiger partial charge is 0.304 e. The van der Waals surface area contributed by atoms with Gasteiger partial charge in [-0.1, -0.05) is 0 Å². The second-order valence-electron chi connectivity index (χ2n) is 2.81. The lowest BCUT2D eigenvalue weighted by molar-refractivity contribution is -0.137. The number of hydrogen-bond acceptors (Lipinski definition) is 4. The Bertz CT molecular complexity index is 298. The van der Waals surface area contributed by atoms with Crippen LogP contribution < -0.4 is 5.73 Å². The molecule has 0 aliphatic rings. The van der Waals surface area contributed by atoms with Gasteiger partial charge in [0, 0.05) is 23.5 Å². The van der Waals surface area contributed by atoms with Crippen LogP contribution in [0, 0.1) is 6.92 Å². The number of nitrogens with two attached hydrogens (primary N) is 1. The summed E-state index contributed by atoms with van der Waals surface area (Å²) in [7, 11) is 0. The zero-order chi connectivity index (χ0) is 9.84. The lowest BCUT2D eigenvalue weighted by Crippen LogP contribution is -2.15. The molecule has 0 fully saturated rings. The third-order valence-electron chi connectivity index (χ3n) is 1.75. The van der Waals surface area contributed by atoms with Gasteiger partial charge in [0.25, 0.3) is 0 Å². The molecule has 0 aliphatic carbocycles. The number of nitrogens with zero attached hydrogens (tertiary/aromatic N) is 1. The van der Waals surface area contributed by atoms with Crippen LogP contribution in [0.15, 0.2) is 6.20 Å². The number of aryl methyl sites for hydroxylation is 1. The van der Waals surface area contributed by atoms with E-state index in [1.54, 1.807) is 6.20 Å². The van der Waals surface area contributed by atoms with Gasteiger partial charge in [0.15, 0.2) is 0 Å². The van der Waals surface area contributed by atoms with E-state index in [-0.39, 0.29) is 12.3 Å². The molecule has 0 bridgehead atoms. The monoisotopic (exact) mass is 200 g/mol. The minimum atomic E-state index is -0.818. The van der Waals surface area contributed by atoms with Crippen LogP contribution >= 0.6 is 11.3 Å². The van der Waals surface area contributed by atoms with Crippen molar-refractivity contribution < 1.29 is 9.90 Å². The van der Waals surface area contributed by atoms with Crippen molar-refractivity contribution in [2.24, 2.45) is 5.73 Å². The molecule has 0 spiro atoms. The summed E-state index contributed by atoms with van der Waals surface area (Å²) in [5, 5.41) is 9.56. The molecule has 1 atom stereocenters. The maximum atomic E-state index is 10.5. The van der Waals surface area contributed by atoms with Crippen LogP contribution in [0.3, 0.4) is 0 Å². The van der Waals surface area contributed by atoms with Crippen molar-refractivity contribution >= 4 is 17.3 Å². The maximum absolute atomic E-state index is 10.5. The van der Waals surface area contributed by atoms with Crippen LogP contribution in [-0.2, 0) is 4.79 Å². The number of rotatable bonds is 4. The van der Waals surface area contributed by atoms with Crippen LogP contribution in [0.1, 0.15) is 22.2 Å². The molecule has 1 unspecified atom stereocenters. The molecular weight excluding hydrogens is 188 g/mol. The molecule has 0 aromatic carbocycles. The highest BCUT2D eigenvalue weighted by atomic mass is 32.1. The van der Waals surface area contributed by atoms with Crippen LogP contribution in [0.25, 0.3) is 0 Å². The second-order valence-corrected chi connectivity index (χ2v) is 4.08. The molecule has 4 nitrogen and oxygen atoms in total. The van der Waals surface area contributed by atoms with E-state index in [4.69, 9.17) is 10.8 Å². The molecule has 0 aliphatic heterocycles. The van der Waals surface area contributed by atoms with Crippen LogP contribution in [-0.4, -0.2) is 22.6 Å². The van der Waals surface area contributed by atoms with Gasteiger partial charge < -0.3 is 10.8 Å². The lowest BCUT2D eigenvalue weighted by Gasteiger charge is -2.07. The Hall–Kier alpha value is -0.940. The fraction of sp³-hybridized carbons (Fsp3) is 0.500. The van der Waals surface area contributed by atoms with Gasteiger partial charge in [0.1, 0.15) is 0 Å². The normalized spacial score (nSPS) is 12.8. The predicted octanol–water partition coefficient (Wildman–Crippen LogP) is 0.969. The van der Waals surface area contributed by atoms with E-state index >= 15 is 0 Å². The summed E-state index contributed by atoms with van der Waals surface area (Å²) in [6, 6.07) is 0. The Morgan fingerprint density at radius 2 is 2.54 bits per heavy atom. The van der Waals surface area contributed by atoms with Crippen molar-refractivity contribution in [3.8, 4) is 0 Å². The quantitative estimate of drug-likeness (QED) is 0.759. The SMILES string of the molecule is Cc1ncc(C(CN)CC(=O)O)s1. The Kier molecular flexibility index (Phi) is 3.39. The van der Waals surface area contributed by atoms with E-state index in [9.17, 15) is 4.79 Å². The minimum Gasteiger partial charge on any atom is -0.481 e. The van der Waals surface area contributed by atoms with E-state index in [1.165, 1.54) is 11.3 Å². The van der Waals surface area contributed by atoms with Gasteiger partial charge in [-0.25, -0.2) is 4.98 Å². The summed E-state index contributed by atoms with van der Waals surface area (Å²) in [4.78, 5) is 15.5. The van der Waals surface area contributed by atoms with Crippen molar-refractivity contribution in [3.05, 3.63) is 16.1 Å². The molecule has 5 heteroatoms. The van der Waals surface area contributed by atoms with Crippen molar-refractivity contribution in [2.45, 2.75) is 19.3 Å². The highest BCUT2D eigenvalue weighted by molar-refractivity contribution is 7.11. The first-order valence-electron chi connectivity index (χ1n) is 3.97. The van der Waals surface area contributed by atoms with Gasteiger partial charge in [0.05, 0.1) is 11.4 Å². The first-order chi connectivity index (χ1) is 6.13. The number of thiazole rings is 1. The molecule has 0 radical (unpaired) electrons. The summed E-state index contributed by atoms with van der Waals surface area (Å²) < 4.78 is 0. The molecule has 0 saturated heterocycles. The highest BCUT2D eigenvalue weighted by Gasteiger charge is 2.15. The van der Waals surface area contributed by atoms with Crippen molar-refractivity contribution in [2.75, 3.05) is 6.54 Å². The average molecular weight is 200 g/mol. The third-order valence-corrected chi connectivity index (χ3v) is 2.82. The first-order valence-corrected chi connectivity index (χ1v) is 4.79. The third kappa shape index (κ3) is 2.78. The summed E-state index contributed by atoms with van der Waals surface area (Å²) >= 11 is 1.51. The van der Waals surface area contributed by atoms with Crippen LogP contribution in [0.4, 0.5) is 0 Å². The zero-order valence-electron chi connectivity index (χ0n) is 7.36. The standard InChI is InChI=1S/C8H12N2O2S/c1-5-10-4-7(13-5)6(3-9)2-8(11)12/h4,6H,2-3,9H2,1H3,(H,11,12). The van der Waals surface area contributed by atoms with Crippen LogP contribution in [0.2, 0.25) is 0 Å². The molecule has 1 aromatic rings. The number of carboxylic acid groups (broad SMARTS) is 1. The highest BCUT2D eigenvalue weighted by Crippen LogP contribution is 2.24. The predicted molar refractivity (Wildman–Crippen MR) is 50.9 cm³/mol. The van der Waals surface area contributed by atoms with Crippen molar-refractivity contribution in [1.82, 2.24) is 4.98 Å². The average Bonchev–Trinajstić information content (AvgIpc) is 2.47. The molecule has 1 heterocycles. The number of carbonyl (C=O) groups is 1. The van der Waals surface area contributed by atoms with Gasteiger partial charge in [0.2, 0.25) is 0 Å². The summed E-state index contributed by atoms with van der Waals surface area (Å²) in [5.74, 6) is -0.912. The fourth-order valence-corrected chi connectivity index (χ4v) is 1.98. The molecular formula is C8H12N2O2S.